The molecule has 0 aromatic carbocycles. The monoisotopic (exact) mass is 168 g/mol. The van der Waals surface area contributed by atoms with Gasteiger partial charge in [-0.15, -0.1) is 11.3 Å². The first-order chi connectivity index (χ1) is 5.15. The third-order valence-electron chi connectivity index (χ3n) is 1.99. The van der Waals surface area contributed by atoms with Crippen LogP contribution in [0.3, 0.4) is 0 Å². The molecule has 0 atom stereocenters. The molecular weight excluding hydrogens is 152 g/mol. The largest absolute Gasteiger partial charge is 0.145 e. The van der Waals surface area contributed by atoms with Gasteiger partial charge >= 0.3 is 0 Å². The van der Waals surface area contributed by atoms with Crippen molar-refractivity contribution in [3.63, 3.8) is 0 Å². The number of thiophene rings is 1. The average molecular weight is 168 g/mol. The Morgan fingerprint density at radius 2 is 2.09 bits per heavy atom. The Morgan fingerprint density at radius 3 is 2.36 bits per heavy atom. The zero-order valence-corrected chi connectivity index (χ0v) is 8.59. The van der Waals surface area contributed by atoms with E-state index in [-0.39, 0.29) is 0 Å². The summed E-state index contributed by atoms with van der Waals surface area (Å²) in [7, 11) is 0. The topological polar surface area (TPSA) is 0 Å². The molecule has 0 unspecified atom stereocenters. The zero-order valence-electron chi connectivity index (χ0n) is 7.77. The van der Waals surface area contributed by atoms with Crippen molar-refractivity contribution in [1.82, 2.24) is 0 Å². The Balaban J connectivity index is 2.95. The van der Waals surface area contributed by atoms with E-state index < -0.39 is 0 Å². The van der Waals surface area contributed by atoms with E-state index in [2.05, 4.69) is 33.8 Å². The molecule has 0 saturated heterocycles. The van der Waals surface area contributed by atoms with Crippen molar-refractivity contribution in [1.29, 1.82) is 0 Å². The van der Waals surface area contributed by atoms with Crippen LogP contribution in [0.25, 0.3) is 0 Å². The van der Waals surface area contributed by atoms with Crippen molar-refractivity contribution in [3.05, 3.63) is 21.4 Å². The Morgan fingerprint density at radius 1 is 1.45 bits per heavy atom. The van der Waals surface area contributed by atoms with Crippen molar-refractivity contribution >= 4 is 11.3 Å². The van der Waals surface area contributed by atoms with E-state index in [4.69, 9.17) is 0 Å². The summed E-state index contributed by atoms with van der Waals surface area (Å²) in [6.45, 7) is 8.95. The van der Waals surface area contributed by atoms with Gasteiger partial charge in [-0.25, -0.2) is 0 Å². The molecule has 1 heterocycles. The average Bonchev–Trinajstić information content (AvgIpc) is 2.31. The molecule has 0 bridgehead atoms. The Labute approximate surface area is 73.3 Å². The van der Waals surface area contributed by atoms with Gasteiger partial charge in [0.1, 0.15) is 0 Å². The van der Waals surface area contributed by atoms with Gasteiger partial charge in [0.05, 0.1) is 0 Å². The number of rotatable bonds is 2. The minimum Gasteiger partial charge on any atom is -0.145 e. The molecule has 0 spiro atoms. The van der Waals surface area contributed by atoms with E-state index in [1.54, 1.807) is 0 Å². The molecule has 0 N–H and O–H groups in total. The lowest BCUT2D eigenvalue weighted by Gasteiger charge is -1.96. The van der Waals surface area contributed by atoms with Gasteiger partial charge in [-0.2, -0.15) is 0 Å². The highest BCUT2D eigenvalue weighted by Gasteiger charge is 2.05. The summed E-state index contributed by atoms with van der Waals surface area (Å²) in [5.74, 6) is 0.694. The minimum absolute atomic E-state index is 0.694. The second kappa shape index (κ2) is 3.40. The van der Waals surface area contributed by atoms with Crippen LogP contribution >= 0.6 is 11.3 Å². The summed E-state index contributed by atoms with van der Waals surface area (Å²) < 4.78 is 0. The summed E-state index contributed by atoms with van der Waals surface area (Å²) in [5.41, 5.74) is 1.53. The number of hydrogen-bond donors (Lipinski definition) is 0. The highest BCUT2D eigenvalue weighted by molar-refractivity contribution is 7.12. The lowest BCUT2D eigenvalue weighted by molar-refractivity contribution is 0.887. The fourth-order valence-electron chi connectivity index (χ4n) is 1.18. The van der Waals surface area contributed by atoms with Gasteiger partial charge in [0.15, 0.2) is 0 Å². The van der Waals surface area contributed by atoms with E-state index in [1.807, 2.05) is 11.3 Å². The Bertz CT molecular complexity index is 233. The first-order valence-electron chi connectivity index (χ1n) is 4.24. The van der Waals surface area contributed by atoms with Crippen molar-refractivity contribution in [2.24, 2.45) is 0 Å². The summed E-state index contributed by atoms with van der Waals surface area (Å²) in [4.78, 5) is 3.02. The first-order valence-corrected chi connectivity index (χ1v) is 5.06. The maximum absolute atomic E-state index is 2.35. The summed E-state index contributed by atoms with van der Waals surface area (Å²) in [6.07, 6.45) is 1.18. The maximum atomic E-state index is 2.35. The third kappa shape index (κ3) is 1.84. The SMILES string of the molecule is CCc1cc(C(C)C)sc1C. The van der Waals surface area contributed by atoms with E-state index in [1.165, 1.54) is 21.7 Å². The molecule has 1 heteroatoms. The van der Waals surface area contributed by atoms with E-state index >= 15 is 0 Å². The van der Waals surface area contributed by atoms with Gasteiger partial charge in [-0.05, 0) is 30.9 Å². The summed E-state index contributed by atoms with van der Waals surface area (Å²) in [6, 6.07) is 2.35. The fourth-order valence-corrected chi connectivity index (χ4v) is 2.31. The van der Waals surface area contributed by atoms with Gasteiger partial charge in [-0.3, -0.25) is 0 Å². The van der Waals surface area contributed by atoms with Crippen LogP contribution in [0, 0.1) is 6.92 Å². The van der Waals surface area contributed by atoms with Gasteiger partial charge in [0, 0.05) is 9.75 Å². The van der Waals surface area contributed by atoms with Crippen LogP contribution in [-0.4, -0.2) is 0 Å². The first kappa shape index (κ1) is 8.79. The predicted octanol–water partition coefficient (Wildman–Crippen LogP) is 3.74. The highest BCUT2D eigenvalue weighted by atomic mass is 32.1. The fraction of sp³-hybridized carbons (Fsp3) is 0.600. The van der Waals surface area contributed by atoms with Crippen LogP contribution in [0.4, 0.5) is 0 Å². The molecule has 0 aliphatic rings. The van der Waals surface area contributed by atoms with Crippen LogP contribution in [0.15, 0.2) is 6.07 Å². The highest BCUT2D eigenvalue weighted by Crippen LogP contribution is 2.27. The van der Waals surface area contributed by atoms with Gasteiger partial charge in [-0.1, -0.05) is 20.8 Å². The third-order valence-corrected chi connectivity index (χ3v) is 3.38. The van der Waals surface area contributed by atoms with Crippen molar-refractivity contribution < 1.29 is 0 Å². The summed E-state index contributed by atoms with van der Waals surface area (Å²) in [5, 5.41) is 0. The van der Waals surface area contributed by atoms with E-state index in [0.29, 0.717) is 5.92 Å². The van der Waals surface area contributed by atoms with E-state index in [9.17, 15) is 0 Å². The number of hydrogen-bond acceptors (Lipinski definition) is 1. The molecule has 11 heavy (non-hydrogen) atoms. The second-order valence-corrected chi connectivity index (χ2v) is 4.53. The lowest BCUT2D eigenvalue weighted by Crippen LogP contribution is -1.79. The van der Waals surface area contributed by atoms with Crippen molar-refractivity contribution in [2.45, 2.75) is 40.0 Å². The molecule has 1 aromatic rings. The molecule has 0 radical (unpaired) electrons. The molecule has 0 amide bonds. The molecule has 62 valence electrons. The normalized spacial score (nSPS) is 11.0. The molecule has 0 fully saturated rings. The van der Waals surface area contributed by atoms with Gasteiger partial charge in [0.25, 0.3) is 0 Å². The molecule has 0 nitrogen and oxygen atoms in total. The standard InChI is InChI=1S/C10H16S/c1-5-9-6-10(7(2)3)11-8(9)4/h6-7H,5H2,1-4H3. The van der Waals surface area contributed by atoms with Crippen LogP contribution < -0.4 is 0 Å². The summed E-state index contributed by atoms with van der Waals surface area (Å²) >= 11 is 1.95. The lowest BCUT2D eigenvalue weighted by atomic mass is 10.1. The van der Waals surface area contributed by atoms with Gasteiger partial charge in [0.2, 0.25) is 0 Å². The molecule has 1 aromatic heterocycles. The molecule has 0 saturated carbocycles. The smallest absolute Gasteiger partial charge is 0.00763 e. The maximum Gasteiger partial charge on any atom is 0.00763 e. The molecule has 0 aliphatic carbocycles. The van der Waals surface area contributed by atoms with Crippen LogP contribution in [0.5, 0.6) is 0 Å². The zero-order chi connectivity index (χ0) is 8.43. The van der Waals surface area contributed by atoms with E-state index in [0.717, 1.165) is 0 Å². The van der Waals surface area contributed by atoms with Crippen LogP contribution in [0.1, 0.15) is 42.0 Å². The molecule has 1 rings (SSSR count). The quantitative estimate of drug-likeness (QED) is 0.631. The molecular formula is C10H16S. The minimum atomic E-state index is 0.694. The van der Waals surface area contributed by atoms with Crippen LogP contribution in [0.2, 0.25) is 0 Å². The van der Waals surface area contributed by atoms with Crippen molar-refractivity contribution in [2.75, 3.05) is 0 Å². The van der Waals surface area contributed by atoms with Crippen molar-refractivity contribution in [3.8, 4) is 0 Å². The number of aryl methyl sites for hydroxylation is 2. The Hall–Kier alpha value is -0.300. The second-order valence-electron chi connectivity index (χ2n) is 3.24. The molecule has 0 aliphatic heterocycles. The Kier molecular flexibility index (Phi) is 2.72. The van der Waals surface area contributed by atoms with Gasteiger partial charge < -0.3 is 0 Å². The predicted molar refractivity (Wildman–Crippen MR) is 52.5 cm³/mol. The van der Waals surface area contributed by atoms with Crippen LogP contribution in [-0.2, 0) is 6.42 Å².